The molecule has 0 bridgehead atoms. The molecular weight excluding hydrogens is 347 g/mol. The molecule has 2 N–H and O–H groups in total. The van der Waals surface area contributed by atoms with Gasteiger partial charge in [0.2, 0.25) is 0 Å². The Morgan fingerprint density at radius 3 is 2.38 bits per heavy atom. The zero-order valence-electron chi connectivity index (χ0n) is 14.2. The topological polar surface area (TPSA) is 58.6 Å². The number of hydrogen-bond donors (Lipinski definition) is 2. The van der Waals surface area contributed by atoms with Crippen molar-refractivity contribution in [2.24, 2.45) is 0 Å². The van der Waals surface area contributed by atoms with E-state index in [1.807, 2.05) is 6.92 Å². The van der Waals surface area contributed by atoms with Gasteiger partial charge in [0.05, 0.1) is 11.1 Å². The molecule has 0 saturated carbocycles. The van der Waals surface area contributed by atoms with Crippen molar-refractivity contribution in [3.8, 4) is 5.75 Å². The van der Waals surface area contributed by atoms with Crippen molar-refractivity contribution in [2.75, 3.05) is 6.54 Å². The molecule has 2 aromatic carbocycles. The smallest absolute Gasteiger partial charge is 0.419 e. The SMILES string of the molecule is CCC(CNCc1ccc(C(=O)O)cc1)Oc1ccccc1C(F)(F)F. The number of carbonyl (C=O) groups is 1. The number of alkyl halides is 3. The molecule has 1 atom stereocenters. The van der Waals surface area contributed by atoms with E-state index in [0.717, 1.165) is 11.6 Å². The third-order valence-electron chi connectivity index (χ3n) is 3.84. The molecule has 0 radical (unpaired) electrons. The molecule has 2 aromatic rings. The van der Waals surface area contributed by atoms with E-state index in [0.29, 0.717) is 19.5 Å². The maximum atomic E-state index is 13.0. The molecular formula is C19H20F3NO3. The predicted octanol–water partition coefficient (Wildman–Crippen LogP) is 4.35. The van der Waals surface area contributed by atoms with Gasteiger partial charge in [-0.15, -0.1) is 0 Å². The van der Waals surface area contributed by atoms with E-state index >= 15 is 0 Å². The largest absolute Gasteiger partial charge is 0.488 e. The summed E-state index contributed by atoms with van der Waals surface area (Å²) in [7, 11) is 0. The van der Waals surface area contributed by atoms with Gasteiger partial charge in [0.25, 0.3) is 0 Å². The van der Waals surface area contributed by atoms with Crippen molar-refractivity contribution in [1.82, 2.24) is 5.32 Å². The molecule has 0 spiro atoms. The van der Waals surface area contributed by atoms with Gasteiger partial charge in [-0.25, -0.2) is 4.79 Å². The molecule has 140 valence electrons. The van der Waals surface area contributed by atoms with Gasteiger partial charge in [-0.1, -0.05) is 31.2 Å². The number of benzene rings is 2. The number of para-hydroxylation sites is 1. The van der Waals surface area contributed by atoms with Gasteiger partial charge >= 0.3 is 12.1 Å². The number of rotatable bonds is 8. The number of ether oxygens (including phenoxy) is 1. The second kappa shape index (κ2) is 8.71. The number of hydrogen-bond acceptors (Lipinski definition) is 3. The van der Waals surface area contributed by atoms with Crippen molar-refractivity contribution < 1.29 is 27.8 Å². The fourth-order valence-electron chi connectivity index (χ4n) is 2.40. The van der Waals surface area contributed by atoms with Crippen molar-refractivity contribution >= 4 is 5.97 Å². The Labute approximate surface area is 149 Å². The lowest BCUT2D eigenvalue weighted by Gasteiger charge is -2.21. The van der Waals surface area contributed by atoms with Crippen molar-refractivity contribution in [2.45, 2.75) is 32.2 Å². The van der Waals surface area contributed by atoms with Crippen LogP contribution in [0, 0.1) is 0 Å². The van der Waals surface area contributed by atoms with E-state index in [4.69, 9.17) is 9.84 Å². The third kappa shape index (κ3) is 5.49. The molecule has 26 heavy (non-hydrogen) atoms. The van der Waals surface area contributed by atoms with Crippen LogP contribution in [-0.4, -0.2) is 23.7 Å². The molecule has 2 rings (SSSR count). The highest BCUT2D eigenvalue weighted by atomic mass is 19.4. The molecule has 0 saturated heterocycles. The molecule has 4 nitrogen and oxygen atoms in total. The quantitative estimate of drug-likeness (QED) is 0.728. The van der Waals surface area contributed by atoms with Crippen molar-refractivity contribution in [3.63, 3.8) is 0 Å². The van der Waals surface area contributed by atoms with Crippen LogP contribution >= 0.6 is 0 Å². The lowest BCUT2D eigenvalue weighted by molar-refractivity contribution is -0.139. The van der Waals surface area contributed by atoms with E-state index in [1.54, 1.807) is 12.1 Å². The fraction of sp³-hybridized carbons (Fsp3) is 0.316. The molecule has 0 aliphatic carbocycles. The molecule has 0 amide bonds. The summed E-state index contributed by atoms with van der Waals surface area (Å²) in [6.07, 6.45) is -4.34. The Hall–Kier alpha value is -2.54. The Bertz CT molecular complexity index is 730. The van der Waals surface area contributed by atoms with Crippen LogP contribution < -0.4 is 10.1 Å². The monoisotopic (exact) mass is 367 g/mol. The Morgan fingerprint density at radius 1 is 1.15 bits per heavy atom. The van der Waals surface area contributed by atoms with E-state index in [9.17, 15) is 18.0 Å². The summed E-state index contributed by atoms with van der Waals surface area (Å²) in [5, 5.41) is 12.0. The maximum Gasteiger partial charge on any atom is 0.419 e. The fourth-order valence-corrected chi connectivity index (χ4v) is 2.40. The third-order valence-corrected chi connectivity index (χ3v) is 3.84. The first-order valence-corrected chi connectivity index (χ1v) is 8.17. The van der Waals surface area contributed by atoms with Crippen LogP contribution in [0.25, 0.3) is 0 Å². The van der Waals surface area contributed by atoms with Gasteiger partial charge in [0, 0.05) is 13.1 Å². The summed E-state index contributed by atoms with van der Waals surface area (Å²) in [4.78, 5) is 10.8. The molecule has 0 aliphatic heterocycles. The normalized spacial score (nSPS) is 12.6. The summed E-state index contributed by atoms with van der Waals surface area (Å²) in [6.45, 7) is 2.66. The molecule has 0 aromatic heterocycles. The van der Waals surface area contributed by atoms with Gasteiger partial charge in [0.15, 0.2) is 0 Å². The number of carboxylic acids is 1. The minimum Gasteiger partial charge on any atom is -0.488 e. The number of aromatic carboxylic acids is 1. The highest BCUT2D eigenvalue weighted by Crippen LogP contribution is 2.36. The second-order valence-electron chi connectivity index (χ2n) is 5.78. The van der Waals surface area contributed by atoms with Gasteiger partial charge in [-0.3, -0.25) is 0 Å². The average molecular weight is 367 g/mol. The maximum absolute atomic E-state index is 13.0. The first-order valence-electron chi connectivity index (χ1n) is 8.17. The zero-order valence-corrected chi connectivity index (χ0v) is 14.2. The lowest BCUT2D eigenvalue weighted by Crippen LogP contribution is -2.31. The van der Waals surface area contributed by atoms with Gasteiger partial charge in [0.1, 0.15) is 11.9 Å². The summed E-state index contributed by atoms with van der Waals surface area (Å²) in [5.74, 6) is -1.17. The van der Waals surface area contributed by atoms with Gasteiger partial charge < -0.3 is 15.2 Å². The van der Waals surface area contributed by atoms with Crippen molar-refractivity contribution in [1.29, 1.82) is 0 Å². The van der Waals surface area contributed by atoms with Crippen LogP contribution in [0.1, 0.15) is 34.8 Å². The van der Waals surface area contributed by atoms with Crippen LogP contribution in [0.3, 0.4) is 0 Å². The summed E-state index contributed by atoms with van der Waals surface area (Å²) < 4.78 is 44.6. The molecule has 1 unspecified atom stereocenters. The summed E-state index contributed by atoms with van der Waals surface area (Å²) in [6, 6.07) is 11.5. The van der Waals surface area contributed by atoms with Crippen LogP contribution in [0.5, 0.6) is 5.75 Å². The van der Waals surface area contributed by atoms with Crippen LogP contribution in [0.4, 0.5) is 13.2 Å². The minimum atomic E-state index is -4.46. The van der Waals surface area contributed by atoms with Crippen LogP contribution in [0.15, 0.2) is 48.5 Å². The number of carboxylic acid groups (broad SMARTS) is 1. The van der Waals surface area contributed by atoms with Crippen LogP contribution in [0.2, 0.25) is 0 Å². The molecule has 0 heterocycles. The van der Waals surface area contributed by atoms with Crippen molar-refractivity contribution in [3.05, 3.63) is 65.2 Å². The average Bonchev–Trinajstić information content (AvgIpc) is 2.60. The Kier molecular flexibility index (Phi) is 6.63. The number of halogens is 3. The number of nitrogens with one attached hydrogen (secondary N) is 1. The molecule has 0 aliphatic rings. The highest BCUT2D eigenvalue weighted by molar-refractivity contribution is 5.87. The van der Waals surface area contributed by atoms with E-state index in [1.165, 1.54) is 30.3 Å². The lowest BCUT2D eigenvalue weighted by atomic mass is 10.1. The summed E-state index contributed by atoms with van der Waals surface area (Å²) in [5.41, 5.74) is 0.288. The minimum absolute atomic E-state index is 0.181. The highest BCUT2D eigenvalue weighted by Gasteiger charge is 2.34. The Balaban J connectivity index is 1.93. The first-order chi connectivity index (χ1) is 12.3. The predicted molar refractivity (Wildman–Crippen MR) is 91.3 cm³/mol. The van der Waals surface area contributed by atoms with E-state index in [-0.39, 0.29) is 11.3 Å². The molecule has 7 heteroatoms. The van der Waals surface area contributed by atoms with Gasteiger partial charge in [-0.05, 0) is 36.2 Å². The van der Waals surface area contributed by atoms with E-state index < -0.39 is 23.8 Å². The zero-order chi connectivity index (χ0) is 19.2. The standard InChI is InChI=1S/C19H20F3NO3/c1-2-15(26-17-6-4-3-5-16(17)19(20,21)22)12-23-11-13-7-9-14(10-8-13)18(24)25/h3-10,15,23H,2,11-12H2,1H3,(H,24,25). The summed E-state index contributed by atoms with van der Waals surface area (Å²) >= 11 is 0. The second-order valence-corrected chi connectivity index (χ2v) is 5.78. The van der Waals surface area contributed by atoms with E-state index in [2.05, 4.69) is 5.32 Å². The van der Waals surface area contributed by atoms with Crippen LogP contribution in [-0.2, 0) is 12.7 Å². The first kappa shape index (κ1) is 19.8. The Morgan fingerprint density at radius 2 is 1.81 bits per heavy atom. The molecule has 0 fully saturated rings. The van der Waals surface area contributed by atoms with Gasteiger partial charge in [-0.2, -0.15) is 13.2 Å².